The molecule has 0 spiro atoms. The average molecular weight is 279 g/mol. The lowest BCUT2D eigenvalue weighted by atomic mass is 9.80. The molecule has 0 heterocycles. The molecule has 1 saturated carbocycles. The molecule has 0 radical (unpaired) electrons. The molecule has 0 atom stereocenters. The monoisotopic (exact) mass is 279 g/mol. The van der Waals surface area contributed by atoms with Gasteiger partial charge >= 0.3 is 0 Å². The highest BCUT2D eigenvalue weighted by Crippen LogP contribution is 2.30. The van der Waals surface area contributed by atoms with Gasteiger partial charge in [0.2, 0.25) is 0 Å². The third kappa shape index (κ3) is 3.93. The summed E-state index contributed by atoms with van der Waals surface area (Å²) in [6.07, 6.45) is 2.72. The van der Waals surface area contributed by atoms with Gasteiger partial charge in [0.1, 0.15) is 5.82 Å². The first kappa shape index (κ1) is 14.8. The maximum absolute atomic E-state index is 13.5. The number of guanidine groups is 1. The van der Waals surface area contributed by atoms with E-state index in [4.69, 9.17) is 0 Å². The zero-order chi connectivity index (χ0) is 14.4. The largest absolute Gasteiger partial charge is 0.388 e. The summed E-state index contributed by atoms with van der Waals surface area (Å²) in [6.45, 7) is 3.45. The molecule has 1 aliphatic rings. The Labute approximate surface area is 119 Å². The standard InChI is InChI=1S/C15H22FN3O/c1-2-17-14(19-11-15(20)8-5-9-15)18-10-12-6-3-4-7-13(12)16/h3-4,6-7,20H,2,5,8-11H2,1H3,(H2,17,18,19). The number of aliphatic hydroxyl groups is 1. The molecule has 5 heteroatoms. The molecule has 0 saturated heterocycles. The summed E-state index contributed by atoms with van der Waals surface area (Å²) in [7, 11) is 0. The highest BCUT2D eigenvalue weighted by Gasteiger charge is 2.34. The molecule has 1 aromatic rings. The molecule has 2 rings (SSSR count). The van der Waals surface area contributed by atoms with E-state index in [2.05, 4.69) is 15.6 Å². The van der Waals surface area contributed by atoms with E-state index in [0.29, 0.717) is 18.1 Å². The maximum Gasteiger partial charge on any atom is 0.191 e. The molecule has 110 valence electrons. The van der Waals surface area contributed by atoms with Crippen LogP contribution >= 0.6 is 0 Å². The Hall–Kier alpha value is -1.62. The fourth-order valence-electron chi connectivity index (χ4n) is 2.14. The predicted octanol–water partition coefficient (Wildman–Crippen LogP) is 1.80. The molecule has 1 fully saturated rings. The van der Waals surface area contributed by atoms with Crippen molar-refractivity contribution in [2.24, 2.45) is 4.99 Å². The zero-order valence-corrected chi connectivity index (χ0v) is 11.8. The van der Waals surface area contributed by atoms with Crippen LogP contribution in [0.5, 0.6) is 0 Å². The van der Waals surface area contributed by atoms with Gasteiger partial charge in [-0.3, -0.25) is 0 Å². The lowest BCUT2D eigenvalue weighted by Crippen LogP contribution is -2.50. The van der Waals surface area contributed by atoms with E-state index < -0.39 is 5.60 Å². The molecule has 1 aliphatic carbocycles. The molecule has 0 aliphatic heterocycles. The van der Waals surface area contributed by atoms with E-state index in [1.165, 1.54) is 6.07 Å². The number of aliphatic imine (C=N–C) groups is 1. The SMILES string of the molecule is CCNC(=NCc1ccccc1F)NCC1(O)CCC1. The second kappa shape index (κ2) is 6.70. The molecular weight excluding hydrogens is 257 g/mol. The van der Waals surface area contributed by atoms with Crippen molar-refractivity contribution in [3.8, 4) is 0 Å². The number of nitrogens with zero attached hydrogens (tertiary/aromatic N) is 1. The van der Waals surface area contributed by atoms with E-state index in [1.807, 2.05) is 6.92 Å². The van der Waals surface area contributed by atoms with Gasteiger partial charge in [-0.2, -0.15) is 0 Å². The molecule has 20 heavy (non-hydrogen) atoms. The number of hydrogen-bond donors (Lipinski definition) is 3. The zero-order valence-electron chi connectivity index (χ0n) is 11.8. The van der Waals surface area contributed by atoms with Crippen molar-refractivity contribution >= 4 is 5.96 Å². The van der Waals surface area contributed by atoms with Gasteiger partial charge in [-0.15, -0.1) is 0 Å². The first-order valence-electron chi connectivity index (χ1n) is 7.11. The summed E-state index contributed by atoms with van der Waals surface area (Å²) in [5.74, 6) is 0.362. The Balaban J connectivity index is 1.93. The van der Waals surface area contributed by atoms with Crippen LogP contribution in [-0.4, -0.2) is 29.8 Å². The van der Waals surface area contributed by atoms with Crippen LogP contribution in [0.2, 0.25) is 0 Å². The van der Waals surface area contributed by atoms with E-state index in [0.717, 1.165) is 25.8 Å². The van der Waals surface area contributed by atoms with E-state index in [1.54, 1.807) is 18.2 Å². The van der Waals surface area contributed by atoms with Crippen LogP contribution in [0.25, 0.3) is 0 Å². The fourth-order valence-corrected chi connectivity index (χ4v) is 2.14. The minimum absolute atomic E-state index is 0.246. The summed E-state index contributed by atoms with van der Waals surface area (Å²) < 4.78 is 13.5. The molecule has 0 aromatic heterocycles. The van der Waals surface area contributed by atoms with Gasteiger partial charge in [-0.25, -0.2) is 9.38 Å². The van der Waals surface area contributed by atoms with Gasteiger partial charge in [0.05, 0.1) is 12.1 Å². The third-order valence-electron chi connectivity index (χ3n) is 3.58. The number of hydrogen-bond acceptors (Lipinski definition) is 2. The summed E-state index contributed by atoms with van der Waals surface area (Å²) >= 11 is 0. The van der Waals surface area contributed by atoms with Crippen molar-refractivity contribution in [2.45, 2.75) is 38.3 Å². The van der Waals surface area contributed by atoms with E-state index in [9.17, 15) is 9.50 Å². The predicted molar refractivity (Wildman–Crippen MR) is 78.0 cm³/mol. The molecule has 0 unspecified atom stereocenters. The number of rotatable bonds is 5. The van der Waals surface area contributed by atoms with Gasteiger partial charge in [0.15, 0.2) is 5.96 Å². The van der Waals surface area contributed by atoms with Gasteiger partial charge in [0, 0.05) is 18.7 Å². The molecule has 0 amide bonds. The van der Waals surface area contributed by atoms with Crippen LogP contribution in [0, 0.1) is 5.82 Å². The molecule has 0 bridgehead atoms. The number of halogens is 1. The summed E-state index contributed by atoms with van der Waals surface area (Å²) in [5.41, 5.74) is -0.0409. The average Bonchev–Trinajstić information content (AvgIpc) is 2.41. The summed E-state index contributed by atoms with van der Waals surface area (Å²) in [5, 5.41) is 16.3. The minimum atomic E-state index is -0.603. The Morgan fingerprint density at radius 3 is 2.70 bits per heavy atom. The fraction of sp³-hybridized carbons (Fsp3) is 0.533. The van der Waals surface area contributed by atoms with Crippen molar-refractivity contribution in [2.75, 3.05) is 13.1 Å². The van der Waals surface area contributed by atoms with Crippen molar-refractivity contribution in [1.82, 2.24) is 10.6 Å². The second-order valence-electron chi connectivity index (χ2n) is 5.22. The van der Waals surface area contributed by atoms with Crippen LogP contribution in [0.15, 0.2) is 29.3 Å². The lowest BCUT2D eigenvalue weighted by Gasteiger charge is -2.37. The van der Waals surface area contributed by atoms with E-state index >= 15 is 0 Å². The first-order chi connectivity index (χ1) is 9.63. The van der Waals surface area contributed by atoms with Crippen LogP contribution in [0.4, 0.5) is 4.39 Å². The Kier molecular flexibility index (Phi) is 4.95. The van der Waals surface area contributed by atoms with Gasteiger partial charge < -0.3 is 15.7 Å². The van der Waals surface area contributed by atoms with Crippen molar-refractivity contribution in [3.05, 3.63) is 35.6 Å². The quantitative estimate of drug-likeness (QED) is 0.569. The normalized spacial score (nSPS) is 17.4. The highest BCUT2D eigenvalue weighted by atomic mass is 19.1. The molecule has 4 nitrogen and oxygen atoms in total. The topological polar surface area (TPSA) is 56.7 Å². The Morgan fingerprint density at radius 1 is 1.35 bits per heavy atom. The van der Waals surface area contributed by atoms with E-state index in [-0.39, 0.29) is 12.4 Å². The Morgan fingerprint density at radius 2 is 2.10 bits per heavy atom. The molecule has 3 N–H and O–H groups in total. The molecule has 1 aromatic carbocycles. The number of nitrogens with one attached hydrogen (secondary N) is 2. The molecular formula is C15H22FN3O. The van der Waals surface area contributed by atoms with Crippen LogP contribution in [-0.2, 0) is 6.54 Å². The second-order valence-corrected chi connectivity index (χ2v) is 5.22. The third-order valence-corrected chi connectivity index (χ3v) is 3.58. The summed E-state index contributed by atoms with van der Waals surface area (Å²) in [4.78, 5) is 4.35. The lowest BCUT2D eigenvalue weighted by molar-refractivity contribution is -0.0279. The van der Waals surface area contributed by atoms with Crippen LogP contribution in [0.3, 0.4) is 0 Å². The first-order valence-corrected chi connectivity index (χ1v) is 7.11. The summed E-state index contributed by atoms with van der Waals surface area (Å²) in [6, 6.07) is 6.62. The van der Waals surface area contributed by atoms with Gasteiger partial charge in [-0.1, -0.05) is 18.2 Å². The van der Waals surface area contributed by atoms with Crippen molar-refractivity contribution < 1.29 is 9.50 Å². The van der Waals surface area contributed by atoms with Crippen LogP contribution < -0.4 is 10.6 Å². The smallest absolute Gasteiger partial charge is 0.191 e. The highest BCUT2D eigenvalue weighted by molar-refractivity contribution is 5.79. The van der Waals surface area contributed by atoms with Crippen molar-refractivity contribution in [3.63, 3.8) is 0 Å². The number of benzene rings is 1. The van der Waals surface area contributed by atoms with Gasteiger partial charge in [-0.05, 0) is 32.3 Å². The maximum atomic E-state index is 13.5. The van der Waals surface area contributed by atoms with Gasteiger partial charge in [0.25, 0.3) is 0 Å². The van der Waals surface area contributed by atoms with Crippen molar-refractivity contribution in [1.29, 1.82) is 0 Å². The minimum Gasteiger partial charge on any atom is -0.388 e. The van der Waals surface area contributed by atoms with Crippen LogP contribution in [0.1, 0.15) is 31.7 Å². The Bertz CT molecular complexity index is 472.